The first-order valence-corrected chi connectivity index (χ1v) is 7.66. The minimum Gasteiger partial charge on any atom is -0.373 e. The second-order valence-electron chi connectivity index (χ2n) is 5.71. The Morgan fingerprint density at radius 2 is 2.16 bits per heavy atom. The van der Waals surface area contributed by atoms with Gasteiger partial charge in [0.25, 0.3) is 0 Å². The first kappa shape index (κ1) is 14.3. The summed E-state index contributed by atoms with van der Waals surface area (Å²) in [5.74, 6) is 0.877. The molecule has 19 heavy (non-hydrogen) atoms. The van der Waals surface area contributed by atoms with E-state index >= 15 is 0 Å². The molecule has 2 rings (SSSR count). The highest BCUT2D eigenvalue weighted by Gasteiger charge is 2.18. The van der Waals surface area contributed by atoms with Crippen LogP contribution in [0.1, 0.15) is 44.6 Å². The SMILES string of the molecule is CCCNCc1ccncc1N(C)CC1CCCC1. The second kappa shape index (κ2) is 7.49. The van der Waals surface area contributed by atoms with E-state index in [1.165, 1.54) is 49.9 Å². The molecule has 106 valence electrons. The second-order valence-corrected chi connectivity index (χ2v) is 5.71. The van der Waals surface area contributed by atoms with E-state index in [9.17, 15) is 0 Å². The van der Waals surface area contributed by atoms with E-state index in [1.54, 1.807) is 0 Å². The highest BCUT2D eigenvalue weighted by atomic mass is 15.1. The highest BCUT2D eigenvalue weighted by molar-refractivity contribution is 5.51. The topological polar surface area (TPSA) is 28.2 Å². The molecular weight excluding hydrogens is 234 g/mol. The van der Waals surface area contributed by atoms with Gasteiger partial charge in [0.1, 0.15) is 0 Å². The molecule has 0 radical (unpaired) electrons. The molecule has 1 aromatic rings. The normalized spacial score (nSPS) is 15.9. The number of pyridine rings is 1. The van der Waals surface area contributed by atoms with Gasteiger partial charge in [-0.1, -0.05) is 19.8 Å². The van der Waals surface area contributed by atoms with Crippen LogP contribution >= 0.6 is 0 Å². The van der Waals surface area contributed by atoms with Crippen molar-refractivity contribution < 1.29 is 0 Å². The van der Waals surface area contributed by atoms with E-state index in [2.05, 4.69) is 35.2 Å². The Kier molecular flexibility index (Phi) is 5.64. The third-order valence-corrected chi connectivity index (χ3v) is 4.05. The molecule has 3 nitrogen and oxygen atoms in total. The summed E-state index contributed by atoms with van der Waals surface area (Å²) in [5.41, 5.74) is 2.65. The van der Waals surface area contributed by atoms with Crippen LogP contribution in [0.4, 0.5) is 5.69 Å². The standard InChI is InChI=1S/C16H27N3/c1-3-9-17-11-15-8-10-18-12-16(15)19(2)13-14-6-4-5-7-14/h8,10,12,14,17H,3-7,9,11,13H2,1-2H3. The minimum atomic E-state index is 0.877. The molecular formula is C16H27N3. The molecule has 0 bridgehead atoms. The van der Waals surface area contributed by atoms with Crippen molar-refractivity contribution in [2.24, 2.45) is 5.92 Å². The summed E-state index contributed by atoms with van der Waals surface area (Å²) in [6, 6.07) is 2.14. The molecule has 1 heterocycles. The fourth-order valence-corrected chi connectivity index (χ4v) is 2.99. The lowest BCUT2D eigenvalue weighted by atomic mass is 10.1. The van der Waals surface area contributed by atoms with Gasteiger partial charge in [0.15, 0.2) is 0 Å². The number of nitrogens with zero attached hydrogens (tertiary/aromatic N) is 2. The smallest absolute Gasteiger partial charge is 0.0595 e. The van der Waals surface area contributed by atoms with Gasteiger partial charge in [-0.15, -0.1) is 0 Å². The van der Waals surface area contributed by atoms with Crippen LogP contribution in [0.3, 0.4) is 0 Å². The van der Waals surface area contributed by atoms with Crippen LogP contribution in [0.25, 0.3) is 0 Å². The zero-order chi connectivity index (χ0) is 13.5. The monoisotopic (exact) mass is 261 g/mol. The maximum atomic E-state index is 4.30. The van der Waals surface area contributed by atoms with E-state index < -0.39 is 0 Å². The summed E-state index contributed by atoms with van der Waals surface area (Å²) < 4.78 is 0. The van der Waals surface area contributed by atoms with Crippen molar-refractivity contribution in [3.63, 3.8) is 0 Å². The van der Waals surface area contributed by atoms with Gasteiger partial charge in [-0.2, -0.15) is 0 Å². The lowest BCUT2D eigenvalue weighted by molar-refractivity contribution is 0.545. The molecule has 0 unspecified atom stereocenters. The van der Waals surface area contributed by atoms with Crippen LogP contribution in [-0.2, 0) is 6.54 Å². The summed E-state index contributed by atoms with van der Waals surface area (Å²) in [6.45, 7) is 5.40. The van der Waals surface area contributed by atoms with E-state index in [1.807, 2.05) is 12.4 Å². The Bertz CT molecular complexity index is 372. The van der Waals surface area contributed by atoms with Crippen LogP contribution in [-0.4, -0.2) is 25.1 Å². The zero-order valence-electron chi connectivity index (χ0n) is 12.4. The Hall–Kier alpha value is -1.09. The molecule has 0 amide bonds. The van der Waals surface area contributed by atoms with Crippen LogP contribution in [0.15, 0.2) is 18.5 Å². The molecule has 1 aromatic heterocycles. The Morgan fingerprint density at radius 3 is 2.89 bits per heavy atom. The quantitative estimate of drug-likeness (QED) is 0.764. The molecule has 1 aliphatic carbocycles. The van der Waals surface area contributed by atoms with Crippen molar-refractivity contribution in [1.82, 2.24) is 10.3 Å². The van der Waals surface area contributed by atoms with Crippen molar-refractivity contribution in [3.05, 3.63) is 24.0 Å². The van der Waals surface area contributed by atoms with E-state index in [4.69, 9.17) is 0 Å². The van der Waals surface area contributed by atoms with Crippen molar-refractivity contribution in [2.75, 3.05) is 25.0 Å². The molecule has 1 N–H and O–H groups in total. The first-order chi connectivity index (χ1) is 9.31. The summed E-state index contributed by atoms with van der Waals surface area (Å²) in [6.07, 6.45) is 10.7. The van der Waals surface area contributed by atoms with Crippen LogP contribution in [0, 0.1) is 5.92 Å². The maximum Gasteiger partial charge on any atom is 0.0595 e. The Morgan fingerprint density at radius 1 is 1.37 bits per heavy atom. The van der Waals surface area contributed by atoms with E-state index in [-0.39, 0.29) is 0 Å². The Labute approximate surface area is 117 Å². The lowest BCUT2D eigenvalue weighted by Crippen LogP contribution is -2.26. The average Bonchev–Trinajstić information content (AvgIpc) is 2.92. The van der Waals surface area contributed by atoms with Crippen LogP contribution in [0.2, 0.25) is 0 Å². The maximum absolute atomic E-state index is 4.30. The van der Waals surface area contributed by atoms with Gasteiger partial charge >= 0.3 is 0 Å². The molecule has 1 aliphatic rings. The summed E-state index contributed by atoms with van der Waals surface area (Å²) in [7, 11) is 2.21. The van der Waals surface area contributed by atoms with Gasteiger partial charge in [-0.25, -0.2) is 0 Å². The van der Waals surface area contributed by atoms with Crippen molar-refractivity contribution in [2.45, 2.75) is 45.6 Å². The zero-order valence-corrected chi connectivity index (χ0v) is 12.4. The van der Waals surface area contributed by atoms with Gasteiger partial charge in [0.05, 0.1) is 11.9 Å². The largest absolute Gasteiger partial charge is 0.373 e. The molecule has 1 fully saturated rings. The number of aromatic nitrogens is 1. The van der Waals surface area contributed by atoms with E-state index in [0.29, 0.717) is 0 Å². The molecule has 0 aromatic carbocycles. The molecule has 0 spiro atoms. The first-order valence-electron chi connectivity index (χ1n) is 7.66. The van der Waals surface area contributed by atoms with Crippen molar-refractivity contribution in [3.8, 4) is 0 Å². The van der Waals surface area contributed by atoms with E-state index in [0.717, 1.165) is 19.0 Å². The lowest BCUT2D eigenvalue weighted by Gasteiger charge is -2.25. The number of anilines is 1. The van der Waals surface area contributed by atoms with Gasteiger partial charge in [0, 0.05) is 26.3 Å². The van der Waals surface area contributed by atoms with Gasteiger partial charge in [-0.3, -0.25) is 4.98 Å². The van der Waals surface area contributed by atoms with Gasteiger partial charge < -0.3 is 10.2 Å². The minimum absolute atomic E-state index is 0.877. The Balaban J connectivity index is 1.96. The summed E-state index contributed by atoms with van der Waals surface area (Å²) in [5, 5.41) is 3.49. The van der Waals surface area contributed by atoms with Gasteiger partial charge in [0.2, 0.25) is 0 Å². The summed E-state index contributed by atoms with van der Waals surface area (Å²) >= 11 is 0. The number of hydrogen-bond acceptors (Lipinski definition) is 3. The van der Waals surface area contributed by atoms with Crippen LogP contribution in [0.5, 0.6) is 0 Å². The average molecular weight is 261 g/mol. The fraction of sp³-hybridized carbons (Fsp3) is 0.688. The molecule has 0 atom stereocenters. The summed E-state index contributed by atoms with van der Waals surface area (Å²) in [4.78, 5) is 6.69. The predicted molar refractivity (Wildman–Crippen MR) is 81.5 cm³/mol. The molecule has 0 saturated heterocycles. The molecule has 0 aliphatic heterocycles. The predicted octanol–water partition coefficient (Wildman–Crippen LogP) is 3.21. The highest BCUT2D eigenvalue weighted by Crippen LogP contribution is 2.27. The number of hydrogen-bond donors (Lipinski definition) is 1. The molecule has 3 heteroatoms. The van der Waals surface area contributed by atoms with Crippen molar-refractivity contribution >= 4 is 5.69 Å². The third kappa shape index (κ3) is 4.20. The van der Waals surface area contributed by atoms with Crippen LogP contribution < -0.4 is 10.2 Å². The molecule has 1 saturated carbocycles. The fourth-order valence-electron chi connectivity index (χ4n) is 2.99. The van der Waals surface area contributed by atoms with Gasteiger partial charge in [-0.05, 0) is 43.4 Å². The number of nitrogens with one attached hydrogen (secondary N) is 1. The number of rotatable bonds is 7. The van der Waals surface area contributed by atoms with Crippen molar-refractivity contribution in [1.29, 1.82) is 0 Å². The third-order valence-electron chi connectivity index (χ3n) is 4.05.